The summed E-state index contributed by atoms with van der Waals surface area (Å²) in [5.41, 5.74) is 6.63. The average Bonchev–Trinajstić information content (AvgIpc) is 2.43. The monoisotopic (exact) mass is 265 g/mol. The van der Waals surface area contributed by atoms with Crippen molar-refractivity contribution < 1.29 is 9.72 Å². The Morgan fingerprint density at radius 2 is 2.00 bits per heavy atom. The Labute approximate surface area is 112 Å². The second-order valence-electron chi connectivity index (χ2n) is 4.55. The molecule has 0 heterocycles. The van der Waals surface area contributed by atoms with Crippen molar-refractivity contribution in [3.63, 3.8) is 0 Å². The van der Waals surface area contributed by atoms with Gasteiger partial charge in [0.2, 0.25) is 5.91 Å². The number of benzene rings is 1. The molecule has 1 aromatic carbocycles. The van der Waals surface area contributed by atoms with Crippen molar-refractivity contribution in [1.82, 2.24) is 5.32 Å². The fourth-order valence-electron chi connectivity index (χ4n) is 1.55. The van der Waals surface area contributed by atoms with Gasteiger partial charge in [0.05, 0.1) is 11.0 Å². The molecule has 0 saturated heterocycles. The smallest absolute Gasteiger partial charge is 0.269 e. The van der Waals surface area contributed by atoms with Crippen LogP contribution in [0.4, 0.5) is 5.69 Å². The largest absolute Gasteiger partial charge is 0.351 e. The summed E-state index contributed by atoms with van der Waals surface area (Å²) < 4.78 is 0. The number of hydrogen-bond acceptors (Lipinski definition) is 4. The maximum absolute atomic E-state index is 11.7. The summed E-state index contributed by atoms with van der Waals surface area (Å²) >= 11 is 0. The third-order valence-corrected chi connectivity index (χ3v) is 3.17. The van der Waals surface area contributed by atoms with Crippen molar-refractivity contribution in [2.24, 2.45) is 11.7 Å². The van der Waals surface area contributed by atoms with E-state index in [1.807, 2.05) is 13.8 Å². The van der Waals surface area contributed by atoms with Crippen LogP contribution in [0.25, 0.3) is 0 Å². The van der Waals surface area contributed by atoms with E-state index in [1.165, 1.54) is 12.1 Å². The Kier molecular flexibility index (Phi) is 5.44. The molecule has 6 heteroatoms. The van der Waals surface area contributed by atoms with Crippen LogP contribution in [0.1, 0.15) is 25.8 Å². The molecule has 0 aliphatic carbocycles. The molecule has 6 nitrogen and oxygen atoms in total. The molecule has 104 valence electrons. The third-order valence-electron chi connectivity index (χ3n) is 3.17. The standard InChI is InChI=1S/C13H19N3O3/c1-3-9(2)12(14)13(17)15-8-10-4-6-11(7-5-10)16(18)19/h4-7,9,12H,3,8,14H2,1-2H3,(H,15,17)/t9?,12-/m0/s1. The van der Waals surface area contributed by atoms with Crippen molar-refractivity contribution in [1.29, 1.82) is 0 Å². The minimum absolute atomic E-state index is 0.0337. The molecule has 1 aromatic rings. The number of amides is 1. The van der Waals surface area contributed by atoms with Gasteiger partial charge in [-0.1, -0.05) is 32.4 Å². The summed E-state index contributed by atoms with van der Waals surface area (Å²) in [6.07, 6.45) is 0.839. The second kappa shape index (κ2) is 6.84. The number of nitrogens with two attached hydrogens (primary N) is 1. The minimum Gasteiger partial charge on any atom is -0.351 e. The van der Waals surface area contributed by atoms with E-state index >= 15 is 0 Å². The lowest BCUT2D eigenvalue weighted by molar-refractivity contribution is -0.384. The van der Waals surface area contributed by atoms with Gasteiger partial charge in [-0.05, 0) is 11.5 Å². The normalized spacial score (nSPS) is 13.6. The quantitative estimate of drug-likeness (QED) is 0.602. The van der Waals surface area contributed by atoms with Gasteiger partial charge in [0, 0.05) is 18.7 Å². The summed E-state index contributed by atoms with van der Waals surface area (Å²) in [6.45, 7) is 4.23. The van der Waals surface area contributed by atoms with Gasteiger partial charge in [0.15, 0.2) is 0 Å². The summed E-state index contributed by atoms with van der Waals surface area (Å²) in [5, 5.41) is 13.2. The molecule has 0 aromatic heterocycles. The molecule has 0 saturated carbocycles. The molecule has 1 amide bonds. The predicted octanol–water partition coefficient (Wildman–Crippen LogP) is 1.58. The highest BCUT2D eigenvalue weighted by Crippen LogP contribution is 2.12. The van der Waals surface area contributed by atoms with E-state index in [2.05, 4.69) is 5.32 Å². The molecular formula is C13H19N3O3. The van der Waals surface area contributed by atoms with Crippen LogP contribution in [-0.4, -0.2) is 16.9 Å². The highest BCUT2D eigenvalue weighted by molar-refractivity contribution is 5.81. The maximum atomic E-state index is 11.7. The van der Waals surface area contributed by atoms with Gasteiger partial charge in [-0.3, -0.25) is 14.9 Å². The van der Waals surface area contributed by atoms with E-state index in [1.54, 1.807) is 12.1 Å². The molecule has 2 atom stereocenters. The number of nitrogens with one attached hydrogen (secondary N) is 1. The number of carbonyl (C=O) groups excluding carboxylic acids is 1. The highest BCUT2D eigenvalue weighted by Gasteiger charge is 2.18. The van der Waals surface area contributed by atoms with Gasteiger partial charge < -0.3 is 11.1 Å². The number of carbonyl (C=O) groups is 1. The fraction of sp³-hybridized carbons (Fsp3) is 0.462. The Bertz CT molecular complexity index is 445. The summed E-state index contributed by atoms with van der Waals surface area (Å²) in [6, 6.07) is 5.54. The van der Waals surface area contributed by atoms with Crippen LogP contribution in [-0.2, 0) is 11.3 Å². The lowest BCUT2D eigenvalue weighted by Crippen LogP contribution is -2.44. The van der Waals surface area contributed by atoms with Gasteiger partial charge in [-0.2, -0.15) is 0 Å². The highest BCUT2D eigenvalue weighted by atomic mass is 16.6. The van der Waals surface area contributed by atoms with E-state index in [4.69, 9.17) is 5.73 Å². The first-order valence-corrected chi connectivity index (χ1v) is 6.22. The van der Waals surface area contributed by atoms with E-state index in [-0.39, 0.29) is 17.5 Å². The fourth-order valence-corrected chi connectivity index (χ4v) is 1.55. The first kappa shape index (κ1) is 15.1. The maximum Gasteiger partial charge on any atom is 0.269 e. The van der Waals surface area contributed by atoms with E-state index < -0.39 is 11.0 Å². The molecule has 1 unspecified atom stereocenters. The minimum atomic E-state index is -0.525. The number of nitrogens with zero attached hydrogens (tertiary/aromatic N) is 1. The van der Waals surface area contributed by atoms with Gasteiger partial charge in [-0.25, -0.2) is 0 Å². The molecule has 19 heavy (non-hydrogen) atoms. The molecule has 0 aliphatic heterocycles. The van der Waals surface area contributed by atoms with Crippen LogP contribution in [0, 0.1) is 16.0 Å². The number of rotatable bonds is 6. The van der Waals surface area contributed by atoms with Crippen molar-refractivity contribution in [2.75, 3.05) is 0 Å². The Balaban J connectivity index is 2.52. The van der Waals surface area contributed by atoms with Crippen molar-refractivity contribution in [3.05, 3.63) is 39.9 Å². The average molecular weight is 265 g/mol. The lowest BCUT2D eigenvalue weighted by atomic mass is 9.99. The summed E-state index contributed by atoms with van der Waals surface area (Å²) in [5.74, 6) is -0.0791. The number of non-ortho nitro benzene ring substituents is 1. The van der Waals surface area contributed by atoms with Crippen LogP contribution in [0.15, 0.2) is 24.3 Å². The topological polar surface area (TPSA) is 98.3 Å². The van der Waals surface area contributed by atoms with Crippen LogP contribution < -0.4 is 11.1 Å². The number of hydrogen-bond donors (Lipinski definition) is 2. The zero-order chi connectivity index (χ0) is 14.4. The Morgan fingerprint density at radius 3 is 2.47 bits per heavy atom. The molecule has 0 aliphatic rings. The van der Waals surface area contributed by atoms with Gasteiger partial charge >= 0.3 is 0 Å². The molecular weight excluding hydrogens is 246 g/mol. The lowest BCUT2D eigenvalue weighted by Gasteiger charge is -2.17. The van der Waals surface area contributed by atoms with E-state index in [0.717, 1.165) is 12.0 Å². The first-order valence-electron chi connectivity index (χ1n) is 6.22. The Morgan fingerprint density at radius 1 is 1.42 bits per heavy atom. The van der Waals surface area contributed by atoms with Crippen molar-refractivity contribution >= 4 is 11.6 Å². The van der Waals surface area contributed by atoms with Crippen LogP contribution in [0.2, 0.25) is 0 Å². The first-order chi connectivity index (χ1) is 8.95. The molecule has 3 N–H and O–H groups in total. The van der Waals surface area contributed by atoms with Crippen LogP contribution >= 0.6 is 0 Å². The van der Waals surface area contributed by atoms with Gasteiger partial charge in [0.25, 0.3) is 5.69 Å². The van der Waals surface area contributed by atoms with Crippen LogP contribution in [0.3, 0.4) is 0 Å². The van der Waals surface area contributed by atoms with Crippen molar-refractivity contribution in [2.45, 2.75) is 32.9 Å². The molecule has 0 fully saturated rings. The molecule has 0 bridgehead atoms. The van der Waals surface area contributed by atoms with Crippen molar-refractivity contribution in [3.8, 4) is 0 Å². The predicted molar refractivity (Wildman–Crippen MR) is 72.4 cm³/mol. The molecule has 1 rings (SSSR count). The number of nitro benzene ring substituents is 1. The summed E-state index contributed by atoms with van der Waals surface area (Å²) in [7, 11) is 0. The zero-order valence-electron chi connectivity index (χ0n) is 11.1. The van der Waals surface area contributed by atoms with E-state index in [9.17, 15) is 14.9 Å². The summed E-state index contributed by atoms with van der Waals surface area (Å²) in [4.78, 5) is 21.8. The number of nitro groups is 1. The molecule has 0 spiro atoms. The van der Waals surface area contributed by atoms with Crippen LogP contribution in [0.5, 0.6) is 0 Å². The zero-order valence-corrected chi connectivity index (χ0v) is 11.1. The molecule has 0 radical (unpaired) electrons. The van der Waals surface area contributed by atoms with E-state index in [0.29, 0.717) is 6.54 Å². The SMILES string of the molecule is CCC(C)[C@H](N)C(=O)NCc1ccc([N+](=O)[O-])cc1. The van der Waals surface area contributed by atoms with Gasteiger partial charge in [0.1, 0.15) is 0 Å². The third kappa shape index (κ3) is 4.33. The Hall–Kier alpha value is -1.95. The second-order valence-corrected chi connectivity index (χ2v) is 4.55. The van der Waals surface area contributed by atoms with Gasteiger partial charge in [-0.15, -0.1) is 0 Å².